The second kappa shape index (κ2) is 5.19. The van der Waals surface area contributed by atoms with E-state index in [0.717, 1.165) is 24.3 Å². The summed E-state index contributed by atoms with van der Waals surface area (Å²) >= 11 is 5.26. The number of nitrogens with zero attached hydrogens (tertiary/aromatic N) is 1. The van der Waals surface area contributed by atoms with E-state index in [1.807, 2.05) is 24.1 Å². The van der Waals surface area contributed by atoms with Crippen LogP contribution in [-0.4, -0.2) is 29.4 Å². The minimum atomic E-state index is 0.0672. The van der Waals surface area contributed by atoms with Gasteiger partial charge in [-0.05, 0) is 73.8 Å². The topological polar surface area (TPSA) is 36.1 Å². The Morgan fingerprint density at radius 1 is 1.27 bits per heavy atom. The van der Waals surface area contributed by atoms with Gasteiger partial charge < -0.3 is 9.88 Å². The molecule has 0 atom stereocenters. The van der Waals surface area contributed by atoms with Gasteiger partial charge in [0.05, 0.1) is 5.56 Å². The highest BCUT2D eigenvalue weighted by atomic mass is 32.1. The molecule has 0 unspecified atom stereocenters. The van der Waals surface area contributed by atoms with Crippen LogP contribution >= 0.6 is 12.2 Å². The molecule has 1 aromatic rings. The van der Waals surface area contributed by atoms with Crippen LogP contribution in [-0.2, 0) is 0 Å². The van der Waals surface area contributed by atoms with E-state index in [4.69, 9.17) is 12.2 Å². The maximum atomic E-state index is 12.7. The Kier molecular flexibility index (Phi) is 3.40. The third-order valence-electron chi connectivity index (χ3n) is 6.13. The van der Waals surface area contributed by atoms with Crippen molar-refractivity contribution in [3.05, 3.63) is 28.5 Å². The number of aromatic nitrogens is 1. The van der Waals surface area contributed by atoms with Gasteiger partial charge in [-0.25, -0.2) is 0 Å². The minimum absolute atomic E-state index is 0.0672. The van der Waals surface area contributed by atoms with Crippen LogP contribution in [0.5, 0.6) is 0 Å². The van der Waals surface area contributed by atoms with E-state index in [1.165, 1.54) is 38.5 Å². The van der Waals surface area contributed by atoms with E-state index in [1.54, 1.807) is 6.20 Å². The van der Waals surface area contributed by atoms with Gasteiger partial charge in [-0.2, -0.15) is 0 Å². The molecule has 4 aliphatic rings. The molecule has 1 heterocycles. The number of H-pyrrole nitrogens is 1. The van der Waals surface area contributed by atoms with E-state index in [0.29, 0.717) is 15.6 Å². The van der Waals surface area contributed by atoms with Gasteiger partial charge in [0, 0.05) is 19.8 Å². The number of aromatic amines is 1. The van der Waals surface area contributed by atoms with Gasteiger partial charge in [-0.3, -0.25) is 4.79 Å². The average molecular weight is 316 g/mol. The van der Waals surface area contributed by atoms with Crippen molar-refractivity contribution < 1.29 is 4.79 Å². The summed E-state index contributed by atoms with van der Waals surface area (Å²) < 4.78 is 0.546. The highest BCUT2D eigenvalue weighted by Crippen LogP contribution is 2.60. The van der Waals surface area contributed by atoms with Crippen LogP contribution in [0.4, 0.5) is 0 Å². The highest BCUT2D eigenvalue weighted by Gasteiger charge is 2.51. The maximum Gasteiger partial charge on any atom is 0.256 e. The number of rotatable bonds is 3. The summed E-state index contributed by atoms with van der Waals surface area (Å²) in [5.41, 5.74) is 1.02. The fourth-order valence-corrected chi connectivity index (χ4v) is 6.08. The lowest BCUT2D eigenvalue weighted by atomic mass is 9.49. The molecular formula is C18H24N2OS. The predicted molar refractivity (Wildman–Crippen MR) is 89.2 cm³/mol. The number of hydrogen-bond donors (Lipinski definition) is 1. The molecule has 0 saturated heterocycles. The first-order valence-corrected chi connectivity index (χ1v) is 8.89. The Morgan fingerprint density at radius 2 is 1.86 bits per heavy atom. The molecule has 0 spiro atoms. The number of carbonyl (C=O) groups is 1. The van der Waals surface area contributed by atoms with E-state index < -0.39 is 0 Å². The van der Waals surface area contributed by atoms with Crippen molar-refractivity contribution in [1.82, 2.24) is 9.88 Å². The highest BCUT2D eigenvalue weighted by molar-refractivity contribution is 7.71. The third-order valence-corrected chi connectivity index (χ3v) is 6.47. The van der Waals surface area contributed by atoms with E-state index in [-0.39, 0.29) is 5.91 Å². The molecule has 4 bridgehead atoms. The molecule has 4 heteroatoms. The summed E-state index contributed by atoms with van der Waals surface area (Å²) in [6, 6.07) is 3.68. The lowest BCUT2D eigenvalue weighted by molar-refractivity contribution is -0.0629. The summed E-state index contributed by atoms with van der Waals surface area (Å²) in [6.07, 6.45) is 10.1. The van der Waals surface area contributed by atoms with Crippen LogP contribution in [0.25, 0.3) is 0 Å². The molecule has 1 amide bonds. The molecule has 1 N–H and O–H groups in total. The number of hydrogen-bond acceptors (Lipinski definition) is 2. The van der Waals surface area contributed by atoms with Crippen LogP contribution in [0.1, 0.15) is 48.9 Å². The lowest BCUT2D eigenvalue weighted by Gasteiger charge is -2.57. The van der Waals surface area contributed by atoms with Crippen molar-refractivity contribution in [2.75, 3.05) is 13.6 Å². The standard InChI is InChI=1S/C18H24N2OS/c1-20(17(21)15-3-2-4-19-16(15)22)11-18-8-12-5-13(9-18)7-14(6-12)10-18/h2-4,12-14H,5-11H2,1H3,(H,19,22). The summed E-state index contributed by atoms with van der Waals surface area (Å²) in [5, 5.41) is 0. The monoisotopic (exact) mass is 316 g/mol. The molecular weight excluding hydrogens is 292 g/mol. The predicted octanol–water partition coefficient (Wildman–Crippen LogP) is 4.03. The van der Waals surface area contributed by atoms with Crippen molar-refractivity contribution in [3.63, 3.8) is 0 Å². The zero-order valence-corrected chi connectivity index (χ0v) is 14.0. The number of carbonyl (C=O) groups excluding carboxylic acids is 1. The molecule has 3 nitrogen and oxygen atoms in total. The fraction of sp³-hybridized carbons (Fsp3) is 0.667. The molecule has 4 saturated carbocycles. The van der Waals surface area contributed by atoms with Crippen LogP contribution in [0.2, 0.25) is 0 Å². The summed E-state index contributed by atoms with van der Waals surface area (Å²) in [6.45, 7) is 0.902. The SMILES string of the molecule is CN(CC12CC3CC(CC(C3)C1)C2)C(=O)c1ccc[nH]c1=S. The van der Waals surface area contributed by atoms with Crippen LogP contribution in [0.15, 0.2) is 18.3 Å². The van der Waals surface area contributed by atoms with Gasteiger partial charge in [0.25, 0.3) is 5.91 Å². The Labute approximate surface area is 137 Å². The molecule has 4 aliphatic carbocycles. The number of nitrogens with one attached hydrogen (secondary N) is 1. The molecule has 0 aromatic carbocycles. The zero-order chi connectivity index (χ0) is 15.3. The largest absolute Gasteiger partial charge is 0.352 e. The molecule has 1 aromatic heterocycles. The van der Waals surface area contributed by atoms with Gasteiger partial charge in [-0.15, -0.1) is 0 Å². The van der Waals surface area contributed by atoms with Crippen molar-refractivity contribution in [1.29, 1.82) is 0 Å². The first-order chi connectivity index (χ1) is 10.5. The number of pyridine rings is 1. The lowest BCUT2D eigenvalue weighted by Crippen LogP contribution is -2.51. The van der Waals surface area contributed by atoms with Crippen molar-refractivity contribution in [3.8, 4) is 0 Å². The van der Waals surface area contributed by atoms with Gasteiger partial charge in [0.15, 0.2) is 0 Å². The summed E-state index contributed by atoms with van der Waals surface area (Å²) in [4.78, 5) is 17.6. The first kappa shape index (κ1) is 14.4. The normalized spacial score (nSPS) is 35.6. The Morgan fingerprint density at radius 3 is 2.41 bits per heavy atom. The van der Waals surface area contributed by atoms with Crippen molar-refractivity contribution >= 4 is 18.1 Å². The van der Waals surface area contributed by atoms with Crippen LogP contribution in [0, 0.1) is 27.8 Å². The van der Waals surface area contributed by atoms with E-state index in [9.17, 15) is 4.79 Å². The van der Waals surface area contributed by atoms with E-state index in [2.05, 4.69) is 4.98 Å². The Bertz CT molecular complexity index is 615. The first-order valence-electron chi connectivity index (χ1n) is 8.48. The van der Waals surface area contributed by atoms with Gasteiger partial charge in [-0.1, -0.05) is 12.2 Å². The van der Waals surface area contributed by atoms with Crippen LogP contribution < -0.4 is 0 Å². The molecule has 0 aliphatic heterocycles. The van der Waals surface area contributed by atoms with E-state index >= 15 is 0 Å². The second-order valence-electron chi connectivity index (χ2n) is 7.99. The fourth-order valence-electron chi connectivity index (χ4n) is 5.85. The maximum absolute atomic E-state index is 12.7. The van der Waals surface area contributed by atoms with Gasteiger partial charge in [0.2, 0.25) is 0 Å². The van der Waals surface area contributed by atoms with Gasteiger partial charge in [0.1, 0.15) is 4.64 Å². The minimum Gasteiger partial charge on any atom is -0.352 e. The third kappa shape index (κ3) is 2.41. The Balaban J connectivity index is 1.52. The number of amides is 1. The molecule has 5 rings (SSSR count). The Hall–Kier alpha value is -1.16. The second-order valence-corrected chi connectivity index (χ2v) is 8.40. The van der Waals surface area contributed by atoms with Gasteiger partial charge >= 0.3 is 0 Å². The zero-order valence-electron chi connectivity index (χ0n) is 13.2. The molecule has 4 fully saturated rings. The smallest absolute Gasteiger partial charge is 0.256 e. The van der Waals surface area contributed by atoms with Crippen molar-refractivity contribution in [2.45, 2.75) is 38.5 Å². The molecule has 118 valence electrons. The molecule has 0 radical (unpaired) electrons. The van der Waals surface area contributed by atoms with Crippen molar-refractivity contribution in [2.24, 2.45) is 23.2 Å². The quantitative estimate of drug-likeness (QED) is 0.855. The average Bonchev–Trinajstić information content (AvgIpc) is 2.45. The summed E-state index contributed by atoms with van der Waals surface area (Å²) in [7, 11) is 1.95. The van der Waals surface area contributed by atoms with Crippen LogP contribution in [0.3, 0.4) is 0 Å². The summed E-state index contributed by atoms with van der Waals surface area (Å²) in [5.74, 6) is 2.84. The molecule has 22 heavy (non-hydrogen) atoms.